The zero-order valence-electron chi connectivity index (χ0n) is 42.8. The van der Waals surface area contributed by atoms with Gasteiger partial charge in [-0.1, -0.05) is 32.4 Å². The highest BCUT2D eigenvalue weighted by molar-refractivity contribution is 5.27. The van der Waals surface area contributed by atoms with Crippen molar-refractivity contribution in [1.29, 1.82) is 0 Å². The summed E-state index contributed by atoms with van der Waals surface area (Å²) >= 11 is 0. The standard InChI is InChI=1S/C51H82O23/c1-20-31-27(73-51(20)13-12-48(3,74-51)19-65-44-38(61)36(59)33(56)28(16-52)68-44)15-26-24-7-6-22-14-23(8-10-49(22,4)25(24)9-11-50(26,31)5)67-47-43(72-46-40(63)37(60)34(57)29(17-53)69-46)41(64)42(30(18-54)70-47)71-45-39(62)35(58)32(55)21(2)66-45/h6,20-21,23-47,52-64H,7-19H2,1-5H3/t20-,21-,23?,24+,25-,26-,27-,28+,29+,30+,31-,32+,33+,34+,35+,36-,37-,38+,39+,40+,41-,42+,43+,44+,45-,46-,47+,48-,49-,50-,51-/m0/s1. The van der Waals surface area contributed by atoms with Crippen LogP contribution >= 0.6 is 0 Å². The van der Waals surface area contributed by atoms with Crippen molar-refractivity contribution in [2.75, 3.05) is 26.4 Å². The summed E-state index contributed by atoms with van der Waals surface area (Å²) in [7, 11) is 0. The molecule has 23 nitrogen and oxygen atoms in total. The van der Waals surface area contributed by atoms with Crippen molar-refractivity contribution in [1.82, 2.24) is 0 Å². The topological polar surface area (TPSA) is 355 Å². The minimum atomic E-state index is -1.85. The van der Waals surface area contributed by atoms with Crippen LogP contribution in [0.3, 0.4) is 0 Å². The van der Waals surface area contributed by atoms with E-state index in [1.54, 1.807) is 0 Å². The Kier molecular flexibility index (Phi) is 16.0. The number of rotatable bonds is 12. The lowest BCUT2D eigenvalue weighted by molar-refractivity contribution is -0.390. The first kappa shape index (κ1) is 56.1. The van der Waals surface area contributed by atoms with Gasteiger partial charge in [0.25, 0.3) is 0 Å². The van der Waals surface area contributed by atoms with Crippen molar-refractivity contribution in [2.45, 2.75) is 239 Å². The number of hydrogen-bond donors (Lipinski definition) is 13. The Morgan fingerprint density at radius 2 is 1.18 bits per heavy atom. The zero-order chi connectivity index (χ0) is 53.1. The van der Waals surface area contributed by atoms with Gasteiger partial charge >= 0.3 is 0 Å². The average molecular weight is 1060 g/mol. The summed E-state index contributed by atoms with van der Waals surface area (Å²) in [5.41, 5.74) is 0.321. The number of aliphatic hydroxyl groups is 13. The molecule has 31 atom stereocenters. The fourth-order valence-electron chi connectivity index (χ4n) is 15.6. The fourth-order valence-corrected chi connectivity index (χ4v) is 15.6. The van der Waals surface area contributed by atoms with Gasteiger partial charge < -0.3 is 114 Å². The molecule has 13 N–H and O–H groups in total. The molecule has 0 bridgehead atoms. The van der Waals surface area contributed by atoms with Crippen LogP contribution in [0, 0.1) is 40.4 Å². The van der Waals surface area contributed by atoms with Gasteiger partial charge in [-0.25, -0.2) is 0 Å². The van der Waals surface area contributed by atoms with Crippen LogP contribution in [0.25, 0.3) is 0 Å². The predicted octanol–water partition coefficient (Wildman–Crippen LogP) is -2.85. The largest absolute Gasteiger partial charge is 0.394 e. The highest BCUT2D eigenvalue weighted by Gasteiger charge is 2.70. The number of hydrogen-bond acceptors (Lipinski definition) is 23. The van der Waals surface area contributed by atoms with E-state index in [9.17, 15) is 66.4 Å². The van der Waals surface area contributed by atoms with Gasteiger partial charge in [-0.05, 0) is 99.7 Å². The highest BCUT2D eigenvalue weighted by Crippen LogP contribution is 2.71. The third-order valence-corrected chi connectivity index (χ3v) is 19.9. The smallest absolute Gasteiger partial charge is 0.187 e. The van der Waals surface area contributed by atoms with E-state index >= 15 is 0 Å². The molecule has 0 aromatic heterocycles. The molecule has 9 fully saturated rings. The molecule has 0 amide bonds. The second-order valence-electron chi connectivity index (χ2n) is 24.2. The van der Waals surface area contributed by atoms with Crippen LogP contribution in [-0.4, -0.2) is 239 Å². The van der Waals surface area contributed by atoms with Crippen molar-refractivity contribution in [3.05, 3.63) is 11.6 Å². The Morgan fingerprint density at radius 3 is 1.84 bits per heavy atom. The fraction of sp³-hybridized carbons (Fsp3) is 0.961. The number of allylic oxidation sites excluding steroid dienone is 1. The Balaban J connectivity index is 0.813. The lowest BCUT2D eigenvalue weighted by Crippen LogP contribution is -2.67. The van der Waals surface area contributed by atoms with Crippen LogP contribution in [-0.2, 0) is 47.4 Å². The zero-order valence-corrected chi connectivity index (χ0v) is 42.8. The molecule has 3 saturated carbocycles. The van der Waals surface area contributed by atoms with Crippen LogP contribution in [0.2, 0.25) is 0 Å². The first-order valence-electron chi connectivity index (χ1n) is 26.9. The summed E-state index contributed by atoms with van der Waals surface area (Å²) in [6.45, 7) is 8.47. The maximum atomic E-state index is 12.1. The molecule has 10 aliphatic rings. The van der Waals surface area contributed by atoms with Gasteiger partial charge in [-0.15, -0.1) is 0 Å². The number of fused-ring (bicyclic) bond motifs is 7. The molecule has 6 heterocycles. The van der Waals surface area contributed by atoms with E-state index in [0.29, 0.717) is 43.4 Å². The molecule has 0 radical (unpaired) electrons. The van der Waals surface area contributed by atoms with Gasteiger partial charge in [0.2, 0.25) is 0 Å². The van der Waals surface area contributed by atoms with E-state index < -0.39 is 160 Å². The van der Waals surface area contributed by atoms with Crippen molar-refractivity contribution >= 4 is 0 Å². The molecular weight excluding hydrogens is 981 g/mol. The first-order chi connectivity index (χ1) is 35.0. The molecule has 1 unspecified atom stereocenters. The number of ether oxygens (including phenoxy) is 10. The van der Waals surface area contributed by atoms with Gasteiger partial charge in [-0.2, -0.15) is 0 Å². The van der Waals surface area contributed by atoms with E-state index in [1.165, 1.54) is 12.5 Å². The van der Waals surface area contributed by atoms with E-state index in [0.717, 1.165) is 32.1 Å². The molecule has 10 rings (SSSR count). The first-order valence-corrected chi connectivity index (χ1v) is 26.9. The van der Waals surface area contributed by atoms with Gasteiger partial charge in [-0.3, -0.25) is 0 Å². The Hall–Kier alpha value is -1.18. The molecule has 0 aromatic rings. The van der Waals surface area contributed by atoms with Crippen molar-refractivity contribution in [2.24, 2.45) is 40.4 Å². The molecule has 424 valence electrons. The minimum absolute atomic E-state index is 0.00479. The quantitative estimate of drug-likeness (QED) is 0.0875. The monoisotopic (exact) mass is 1060 g/mol. The molecular formula is C51H82O23. The average Bonchev–Trinajstić information content (AvgIpc) is 4.02. The third kappa shape index (κ3) is 9.38. The Bertz CT molecular complexity index is 1980. The SMILES string of the molecule is C[C@@H]1O[C@@H](O[C@H]2[C@H](O)[C@@H](O[C@@H]3O[C@H](CO)[C@@H](O)[C@H](O)[C@H]3O)[C@H](OC3CC[C@@]4(C)C(=CC[C@H]5[C@@H]6C[C@@H]7O[C@]8(CC[C@@](C)(CO[C@@H]9O[C@H](CO)[C@@H](O)[C@H](O)[C@H]9O)O8)[C@@H](C)[C@@H]7[C@@]6(C)CC[C@@H]54)C3)O[C@@H]2CO)[C@H](O)[C@H](O)[C@@H]1O. The van der Waals surface area contributed by atoms with Crippen LogP contribution < -0.4 is 0 Å². The summed E-state index contributed by atoms with van der Waals surface area (Å²) in [5, 5.41) is 137. The summed E-state index contributed by atoms with van der Waals surface area (Å²) in [6, 6.07) is 0. The lowest BCUT2D eigenvalue weighted by Gasteiger charge is -2.58. The second-order valence-corrected chi connectivity index (χ2v) is 24.2. The summed E-state index contributed by atoms with van der Waals surface area (Å²) in [6.07, 6.45) is -21.5. The second kappa shape index (κ2) is 21.0. The van der Waals surface area contributed by atoms with Crippen molar-refractivity contribution < 1.29 is 114 Å². The van der Waals surface area contributed by atoms with Gasteiger partial charge in [0.15, 0.2) is 30.9 Å². The minimum Gasteiger partial charge on any atom is -0.394 e. The van der Waals surface area contributed by atoms with Crippen LogP contribution in [0.5, 0.6) is 0 Å². The maximum Gasteiger partial charge on any atom is 0.187 e. The van der Waals surface area contributed by atoms with E-state index in [2.05, 4.69) is 26.8 Å². The van der Waals surface area contributed by atoms with E-state index in [1.807, 2.05) is 6.92 Å². The summed E-state index contributed by atoms with van der Waals surface area (Å²) in [5.74, 6) is 0.713. The molecule has 74 heavy (non-hydrogen) atoms. The predicted molar refractivity (Wildman–Crippen MR) is 248 cm³/mol. The van der Waals surface area contributed by atoms with Crippen LogP contribution in [0.4, 0.5) is 0 Å². The van der Waals surface area contributed by atoms with E-state index in [-0.39, 0.29) is 35.4 Å². The Morgan fingerprint density at radius 1 is 0.581 bits per heavy atom. The molecule has 1 spiro atoms. The van der Waals surface area contributed by atoms with Crippen molar-refractivity contribution in [3.63, 3.8) is 0 Å². The van der Waals surface area contributed by atoms with Gasteiger partial charge in [0, 0.05) is 12.3 Å². The van der Waals surface area contributed by atoms with Crippen molar-refractivity contribution in [3.8, 4) is 0 Å². The van der Waals surface area contributed by atoms with Crippen LogP contribution in [0.15, 0.2) is 11.6 Å². The Labute approximate surface area is 430 Å². The molecule has 23 heteroatoms. The maximum absolute atomic E-state index is 12.1. The normalized spacial score (nSPS) is 57.4. The molecule has 0 aromatic carbocycles. The highest BCUT2D eigenvalue weighted by atomic mass is 16.8. The molecule has 6 aliphatic heterocycles. The number of aliphatic hydroxyl groups excluding tert-OH is 13. The summed E-state index contributed by atoms with van der Waals surface area (Å²) < 4.78 is 62.0. The lowest BCUT2D eigenvalue weighted by atomic mass is 9.47. The summed E-state index contributed by atoms with van der Waals surface area (Å²) in [4.78, 5) is 0. The van der Waals surface area contributed by atoms with Crippen LogP contribution in [0.1, 0.15) is 92.4 Å². The third-order valence-electron chi connectivity index (χ3n) is 19.9. The van der Waals surface area contributed by atoms with Gasteiger partial charge in [0.1, 0.15) is 91.6 Å². The van der Waals surface area contributed by atoms with Gasteiger partial charge in [0.05, 0.1) is 50.3 Å². The van der Waals surface area contributed by atoms with E-state index in [4.69, 9.17) is 47.4 Å². The molecule has 4 aliphatic carbocycles. The molecule has 6 saturated heterocycles.